The van der Waals surface area contributed by atoms with Gasteiger partial charge in [-0.2, -0.15) is 19.0 Å². The van der Waals surface area contributed by atoms with Crippen LogP contribution in [0.25, 0.3) is 11.2 Å². The lowest BCUT2D eigenvalue weighted by atomic mass is 10.1. The second kappa shape index (κ2) is 8.81. The van der Waals surface area contributed by atoms with Gasteiger partial charge in [0.2, 0.25) is 5.95 Å². The van der Waals surface area contributed by atoms with Gasteiger partial charge in [-0.25, -0.2) is 4.98 Å². The fourth-order valence-electron chi connectivity index (χ4n) is 4.29. The summed E-state index contributed by atoms with van der Waals surface area (Å²) in [7, 11) is 1.48. The molecule has 33 heavy (non-hydrogen) atoms. The van der Waals surface area contributed by atoms with Gasteiger partial charge in [-0.3, -0.25) is 9.36 Å². The van der Waals surface area contributed by atoms with Crippen molar-refractivity contribution < 1.29 is 8.78 Å². The van der Waals surface area contributed by atoms with Crippen molar-refractivity contribution in [2.45, 2.75) is 51.0 Å². The zero-order chi connectivity index (χ0) is 23.9. The van der Waals surface area contributed by atoms with Gasteiger partial charge in [-0.05, 0) is 38.3 Å². The fraction of sp³-hybridized carbons (Fsp3) is 0.455. The van der Waals surface area contributed by atoms with E-state index in [4.69, 9.17) is 10.7 Å². The van der Waals surface area contributed by atoms with Gasteiger partial charge in [0.25, 0.3) is 5.56 Å². The Hall–Kier alpha value is -2.89. The molecule has 174 valence electrons. The summed E-state index contributed by atoms with van der Waals surface area (Å²) in [5.74, 6) is -0.186. The van der Waals surface area contributed by atoms with Crippen LogP contribution >= 0.6 is 9.24 Å². The van der Waals surface area contributed by atoms with Gasteiger partial charge in [0.05, 0.1) is 18.2 Å². The molecule has 1 saturated heterocycles. The van der Waals surface area contributed by atoms with Crippen LogP contribution in [-0.2, 0) is 12.2 Å². The Kier molecular flexibility index (Phi) is 6.21. The van der Waals surface area contributed by atoms with E-state index in [1.807, 2.05) is 4.90 Å². The maximum atomic E-state index is 14.4. The van der Waals surface area contributed by atoms with Crippen LogP contribution < -0.4 is 16.2 Å². The molecule has 2 unspecified atom stereocenters. The number of hydrogen-bond donors (Lipinski definition) is 1. The molecule has 1 fully saturated rings. The molecule has 1 aromatic carbocycles. The Morgan fingerprint density at radius 2 is 2.06 bits per heavy atom. The van der Waals surface area contributed by atoms with Crippen molar-refractivity contribution in [2.75, 3.05) is 18.0 Å². The molecule has 4 rings (SSSR count). The lowest BCUT2D eigenvalue weighted by Crippen LogP contribution is -2.45. The third-order valence-electron chi connectivity index (χ3n) is 5.80. The minimum atomic E-state index is -3.33. The predicted molar refractivity (Wildman–Crippen MR) is 125 cm³/mol. The van der Waals surface area contributed by atoms with Crippen molar-refractivity contribution in [3.8, 4) is 6.07 Å². The molecule has 2 N–H and O–H groups in total. The first kappa shape index (κ1) is 23.3. The molecular formula is C22H26F2N7OP. The molecule has 1 aliphatic rings. The molecule has 0 radical (unpaired) electrons. The van der Waals surface area contributed by atoms with Crippen molar-refractivity contribution in [3.63, 3.8) is 0 Å². The molecule has 0 aliphatic carbocycles. The Labute approximate surface area is 192 Å². The summed E-state index contributed by atoms with van der Waals surface area (Å²) in [5.41, 5.74) is 3.37. The van der Waals surface area contributed by atoms with E-state index in [1.54, 1.807) is 38.1 Å². The number of aromatic nitrogens is 4. The van der Waals surface area contributed by atoms with E-state index in [-0.39, 0.29) is 23.8 Å². The number of benzene rings is 1. The standard InChI is InChI=1S/C22H26F2N7OP/c1-13(2)31-18-17(27-20(31)22(23,24)33)19(32)30(11-15-7-4-3-6-14(15)10-25)21(28-18)29-9-5-8-16(26)12-29/h3-4,6-7,13,16H,5,8-9,11-12,26,33H2,1-2H3. The van der Waals surface area contributed by atoms with Crippen molar-refractivity contribution in [2.24, 2.45) is 5.73 Å². The Balaban J connectivity index is 2.00. The highest BCUT2D eigenvalue weighted by atomic mass is 31.0. The summed E-state index contributed by atoms with van der Waals surface area (Å²) >= 11 is 0. The van der Waals surface area contributed by atoms with Crippen molar-refractivity contribution in [1.82, 2.24) is 19.1 Å². The Morgan fingerprint density at radius 1 is 1.33 bits per heavy atom. The summed E-state index contributed by atoms with van der Waals surface area (Å²) in [4.78, 5) is 24.3. The molecule has 3 aromatic rings. The van der Waals surface area contributed by atoms with Crippen molar-refractivity contribution in [3.05, 3.63) is 51.6 Å². The zero-order valence-corrected chi connectivity index (χ0v) is 19.7. The highest BCUT2D eigenvalue weighted by molar-refractivity contribution is 7.17. The van der Waals surface area contributed by atoms with E-state index in [0.717, 1.165) is 12.8 Å². The number of alkyl halides is 2. The first-order valence-electron chi connectivity index (χ1n) is 10.8. The number of anilines is 1. The molecule has 2 atom stereocenters. The maximum absolute atomic E-state index is 14.4. The number of nitrogens with zero attached hydrogens (tertiary/aromatic N) is 6. The number of halogens is 2. The average molecular weight is 473 g/mol. The highest BCUT2D eigenvalue weighted by Gasteiger charge is 2.35. The van der Waals surface area contributed by atoms with E-state index >= 15 is 0 Å². The van der Waals surface area contributed by atoms with Crippen LogP contribution in [0.3, 0.4) is 0 Å². The third-order valence-corrected chi connectivity index (χ3v) is 6.06. The molecule has 0 bridgehead atoms. The first-order chi connectivity index (χ1) is 15.6. The second-order valence-electron chi connectivity index (χ2n) is 8.61. The quantitative estimate of drug-likeness (QED) is 0.572. The summed E-state index contributed by atoms with van der Waals surface area (Å²) < 4.78 is 31.5. The zero-order valence-electron chi connectivity index (χ0n) is 18.5. The third kappa shape index (κ3) is 4.35. The normalized spacial score (nSPS) is 17.0. The van der Waals surface area contributed by atoms with Gasteiger partial charge in [0.15, 0.2) is 17.0 Å². The van der Waals surface area contributed by atoms with Crippen LogP contribution in [0.4, 0.5) is 14.7 Å². The van der Waals surface area contributed by atoms with Crippen molar-refractivity contribution in [1.29, 1.82) is 5.26 Å². The lowest BCUT2D eigenvalue weighted by Gasteiger charge is -2.33. The number of rotatable bonds is 5. The fourth-order valence-corrected chi connectivity index (χ4v) is 4.49. The topological polar surface area (TPSA) is 106 Å². The Bertz CT molecular complexity index is 1290. The molecule has 0 saturated carbocycles. The number of nitrogens with two attached hydrogens (primary N) is 1. The molecular weight excluding hydrogens is 447 g/mol. The molecule has 3 heterocycles. The van der Waals surface area contributed by atoms with Crippen LogP contribution in [-0.4, -0.2) is 38.2 Å². The molecule has 2 aromatic heterocycles. The minimum Gasteiger partial charge on any atom is -0.341 e. The molecule has 0 amide bonds. The number of nitriles is 1. The average Bonchev–Trinajstić information content (AvgIpc) is 3.16. The van der Waals surface area contributed by atoms with Gasteiger partial charge in [-0.15, -0.1) is 0 Å². The number of fused-ring (bicyclic) bond motifs is 1. The SMILES string of the molecule is CC(C)n1c(C(F)(F)P)nc2c(=O)n(Cc3ccccc3C#N)c(N3CCCC(N)C3)nc21. The smallest absolute Gasteiger partial charge is 0.315 e. The summed E-state index contributed by atoms with van der Waals surface area (Å²) in [5, 5.41) is 9.50. The number of piperidine rings is 1. The van der Waals surface area contributed by atoms with Gasteiger partial charge < -0.3 is 15.2 Å². The van der Waals surface area contributed by atoms with E-state index in [0.29, 0.717) is 30.2 Å². The first-order valence-corrected chi connectivity index (χ1v) is 11.4. The highest BCUT2D eigenvalue weighted by Crippen LogP contribution is 2.37. The van der Waals surface area contributed by atoms with Gasteiger partial charge in [0.1, 0.15) is 0 Å². The van der Waals surface area contributed by atoms with Gasteiger partial charge >= 0.3 is 5.66 Å². The molecule has 1 aliphatic heterocycles. The van der Waals surface area contributed by atoms with Crippen LogP contribution in [0.15, 0.2) is 29.1 Å². The van der Waals surface area contributed by atoms with E-state index in [9.17, 15) is 18.8 Å². The van der Waals surface area contributed by atoms with Gasteiger partial charge in [-0.1, -0.05) is 27.4 Å². The number of hydrogen-bond acceptors (Lipinski definition) is 6. The van der Waals surface area contributed by atoms with Crippen molar-refractivity contribution >= 4 is 26.4 Å². The molecule has 8 nitrogen and oxygen atoms in total. The molecule has 0 spiro atoms. The van der Waals surface area contributed by atoms with E-state index in [2.05, 4.69) is 11.1 Å². The van der Waals surface area contributed by atoms with E-state index in [1.165, 1.54) is 18.4 Å². The van der Waals surface area contributed by atoms with Crippen LogP contribution in [0.1, 0.15) is 49.7 Å². The maximum Gasteiger partial charge on any atom is 0.315 e. The summed E-state index contributed by atoms with van der Waals surface area (Å²) in [6.45, 7) is 4.67. The predicted octanol–water partition coefficient (Wildman–Crippen LogP) is 2.95. The van der Waals surface area contributed by atoms with Crippen LogP contribution in [0, 0.1) is 11.3 Å². The largest absolute Gasteiger partial charge is 0.341 e. The molecule has 11 heteroatoms. The number of imidazole rings is 1. The Morgan fingerprint density at radius 3 is 2.70 bits per heavy atom. The second-order valence-corrected chi connectivity index (χ2v) is 9.34. The van der Waals surface area contributed by atoms with Crippen LogP contribution in [0.5, 0.6) is 0 Å². The van der Waals surface area contributed by atoms with Gasteiger partial charge in [0, 0.05) is 25.2 Å². The lowest BCUT2D eigenvalue weighted by molar-refractivity contribution is 0.0878. The van der Waals surface area contributed by atoms with E-state index < -0.39 is 23.1 Å². The monoisotopic (exact) mass is 473 g/mol. The minimum absolute atomic E-state index is 0.0632. The summed E-state index contributed by atoms with van der Waals surface area (Å²) in [6, 6.07) is 8.61. The van der Waals surface area contributed by atoms with Crippen LogP contribution in [0.2, 0.25) is 0 Å². The summed E-state index contributed by atoms with van der Waals surface area (Å²) in [6.07, 6.45) is 1.68.